The standard InChI is InChI=1S/C13H24N2OS/c1-13(2)10-15(6-5-14-13)12(16)9-11-3-7-17-8-4-11/h11,14H,3-10H2,1-2H3. The number of piperazine rings is 1. The maximum atomic E-state index is 12.2. The van der Waals surface area contributed by atoms with Gasteiger partial charge in [0.05, 0.1) is 0 Å². The van der Waals surface area contributed by atoms with E-state index in [0.29, 0.717) is 11.8 Å². The van der Waals surface area contributed by atoms with Crippen LogP contribution in [0.15, 0.2) is 0 Å². The fourth-order valence-corrected chi connectivity index (χ4v) is 3.88. The lowest BCUT2D eigenvalue weighted by Crippen LogP contribution is -2.58. The van der Waals surface area contributed by atoms with Crippen LogP contribution in [0.25, 0.3) is 0 Å². The van der Waals surface area contributed by atoms with E-state index in [1.54, 1.807) is 0 Å². The number of hydrogen-bond acceptors (Lipinski definition) is 3. The molecule has 1 N–H and O–H groups in total. The van der Waals surface area contributed by atoms with Crippen molar-refractivity contribution < 1.29 is 4.79 Å². The molecule has 2 heterocycles. The van der Waals surface area contributed by atoms with E-state index < -0.39 is 0 Å². The number of nitrogens with zero attached hydrogens (tertiary/aromatic N) is 1. The van der Waals surface area contributed by atoms with Gasteiger partial charge >= 0.3 is 0 Å². The van der Waals surface area contributed by atoms with Crippen LogP contribution in [0, 0.1) is 5.92 Å². The van der Waals surface area contributed by atoms with Crippen LogP contribution in [0.3, 0.4) is 0 Å². The molecule has 0 aromatic rings. The average Bonchev–Trinajstić information content (AvgIpc) is 2.29. The Balaban J connectivity index is 1.82. The Labute approximate surface area is 109 Å². The highest BCUT2D eigenvalue weighted by molar-refractivity contribution is 7.99. The van der Waals surface area contributed by atoms with Gasteiger partial charge in [-0.15, -0.1) is 0 Å². The monoisotopic (exact) mass is 256 g/mol. The van der Waals surface area contributed by atoms with Crippen molar-refractivity contribution >= 4 is 17.7 Å². The Bertz CT molecular complexity index is 275. The van der Waals surface area contributed by atoms with Gasteiger partial charge in [-0.05, 0) is 44.1 Å². The predicted octanol–water partition coefficient (Wildman–Crippen LogP) is 1.73. The van der Waals surface area contributed by atoms with E-state index in [4.69, 9.17) is 0 Å². The first kappa shape index (κ1) is 13.2. The molecule has 0 bridgehead atoms. The van der Waals surface area contributed by atoms with Crippen LogP contribution in [0.2, 0.25) is 0 Å². The molecule has 0 spiro atoms. The van der Waals surface area contributed by atoms with Crippen molar-refractivity contribution in [1.29, 1.82) is 0 Å². The topological polar surface area (TPSA) is 32.3 Å². The second-order valence-electron chi connectivity index (χ2n) is 5.89. The summed E-state index contributed by atoms with van der Waals surface area (Å²) in [6, 6.07) is 0. The lowest BCUT2D eigenvalue weighted by molar-refractivity contribution is -0.134. The summed E-state index contributed by atoms with van der Waals surface area (Å²) in [5.74, 6) is 3.49. The zero-order chi connectivity index (χ0) is 12.3. The van der Waals surface area contributed by atoms with E-state index in [9.17, 15) is 4.79 Å². The number of nitrogens with one attached hydrogen (secondary N) is 1. The quantitative estimate of drug-likeness (QED) is 0.816. The SMILES string of the molecule is CC1(C)CN(C(=O)CC2CCSCC2)CCN1. The highest BCUT2D eigenvalue weighted by Gasteiger charge is 2.29. The van der Waals surface area contributed by atoms with Crippen LogP contribution in [0.4, 0.5) is 0 Å². The highest BCUT2D eigenvalue weighted by Crippen LogP contribution is 2.26. The summed E-state index contributed by atoms with van der Waals surface area (Å²) in [4.78, 5) is 14.3. The summed E-state index contributed by atoms with van der Waals surface area (Å²) in [7, 11) is 0. The van der Waals surface area contributed by atoms with Crippen LogP contribution in [0.5, 0.6) is 0 Å². The minimum Gasteiger partial charge on any atom is -0.340 e. The smallest absolute Gasteiger partial charge is 0.222 e. The van der Waals surface area contributed by atoms with Crippen molar-refractivity contribution in [2.45, 2.75) is 38.6 Å². The number of amides is 1. The van der Waals surface area contributed by atoms with Gasteiger partial charge in [-0.2, -0.15) is 11.8 Å². The molecule has 0 aromatic carbocycles. The Morgan fingerprint density at radius 2 is 2.12 bits per heavy atom. The molecule has 0 saturated carbocycles. The third kappa shape index (κ3) is 3.88. The minimum absolute atomic E-state index is 0.0797. The zero-order valence-electron chi connectivity index (χ0n) is 11.0. The Morgan fingerprint density at radius 1 is 1.41 bits per heavy atom. The molecule has 2 aliphatic rings. The van der Waals surface area contributed by atoms with Gasteiger partial charge in [-0.1, -0.05) is 0 Å². The van der Waals surface area contributed by atoms with Crippen LogP contribution in [-0.2, 0) is 4.79 Å². The van der Waals surface area contributed by atoms with Gasteiger partial charge in [-0.3, -0.25) is 4.79 Å². The molecule has 0 aromatic heterocycles. The molecular weight excluding hydrogens is 232 g/mol. The van der Waals surface area contributed by atoms with Crippen molar-refractivity contribution in [2.24, 2.45) is 5.92 Å². The number of carbonyl (C=O) groups is 1. The van der Waals surface area contributed by atoms with Crippen molar-refractivity contribution in [3.05, 3.63) is 0 Å². The Morgan fingerprint density at radius 3 is 2.76 bits per heavy atom. The van der Waals surface area contributed by atoms with E-state index >= 15 is 0 Å². The second-order valence-corrected chi connectivity index (χ2v) is 7.11. The molecular formula is C13H24N2OS. The van der Waals surface area contributed by atoms with Crippen LogP contribution < -0.4 is 5.32 Å². The molecule has 2 rings (SSSR count). The van der Waals surface area contributed by atoms with Gasteiger partial charge < -0.3 is 10.2 Å². The fraction of sp³-hybridized carbons (Fsp3) is 0.923. The minimum atomic E-state index is 0.0797. The number of thioether (sulfide) groups is 1. The largest absolute Gasteiger partial charge is 0.340 e. The molecule has 4 heteroatoms. The van der Waals surface area contributed by atoms with Crippen LogP contribution >= 0.6 is 11.8 Å². The van der Waals surface area contributed by atoms with Crippen molar-refractivity contribution in [1.82, 2.24) is 10.2 Å². The molecule has 3 nitrogen and oxygen atoms in total. The summed E-state index contributed by atoms with van der Waals surface area (Å²) >= 11 is 2.03. The van der Waals surface area contributed by atoms with Gasteiger partial charge in [0.25, 0.3) is 0 Å². The molecule has 1 amide bonds. The summed E-state index contributed by atoms with van der Waals surface area (Å²) in [6.07, 6.45) is 3.23. The molecule has 2 aliphatic heterocycles. The van der Waals surface area contributed by atoms with E-state index in [2.05, 4.69) is 24.1 Å². The summed E-state index contributed by atoms with van der Waals surface area (Å²) < 4.78 is 0. The van der Waals surface area contributed by atoms with Crippen molar-refractivity contribution in [2.75, 3.05) is 31.1 Å². The van der Waals surface area contributed by atoms with Gasteiger partial charge in [-0.25, -0.2) is 0 Å². The molecule has 0 radical (unpaired) electrons. The molecule has 0 unspecified atom stereocenters. The normalized spacial score (nSPS) is 25.9. The lowest BCUT2D eigenvalue weighted by Gasteiger charge is -2.39. The first-order valence-electron chi connectivity index (χ1n) is 6.67. The van der Waals surface area contributed by atoms with Crippen molar-refractivity contribution in [3.63, 3.8) is 0 Å². The average molecular weight is 256 g/mol. The van der Waals surface area contributed by atoms with Crippen molar-refractivity contribution in [3.8, 4) is 0 Å². The van der Waals surface area contributed by atoms with Gasteiger partial charge in [0.15, 0.2) is 0 Å². The van der Waals surface area contributed by atoms with Gasteiger partial charge in [0.2, 0.25) is 5.91 Å². The summed E-state index contributed by atoms with van der Waals surface area (Å²) in [6.45, 7) is 7.00. The summed E-state index contributed by atoms with van der Waals surface area (Å²) in [5.41, 5.74) is 0.0797. The zero-order valence-corrected chi connectivity index (χ0v) is 11.8. The maximum absolute atomic E-state index is 12.2. The number of rotatable bonds is 2. The molecule has 0 aliphatic carbocycles. The van der Waals surface area contributed by atoms with Crippen LogP contribution in [-0.4, -0.2) is 47.5 Å². The van der Waals surface area contributed by atoms with E-state index in [0.717, 1.165) is 26.1 Å². The number of hydrogen-bond donors (Lipinski definition) is 1. The molecule has 2 fully saturated rings. The van der Waals surface area contributed by atoms with Gasteiger partial charge in [0, 0.05) is 31.6 Å². The van der Waals surface area contributed by atoms with Gasteiger partial charge in [0.1, 0.15) is 0 Å². The number of carbonyl (C=O) groups excluding carboxylic acids is 1. The third-order valence-corrected chi connectivity index (χ3v) is 4.78. The Kier molecular flexibility index (Phi) is 4.36. The Hall–Kier alpha value is -0.220. The maximum Gasteiger partial charge on any atom is 0.222 e. The van der Waals surface area contributed by atoms with Crippen LogP contribution in [0.1, 0.15) is 33.1 Å². The highest BCUT2D eigenvalue weighted by atomic mass is 32.2. The fourth-order valence-electron chi connectivity index (χ4n) is 2.68. The second kappa shape index (κ2) is 5.61. The summed E-state index contributed by atoms with van der Waals surface area (Å²) in [5, 5.41) is 3.45. The van der Waals surface area contributed by atoms with E-state index in [1.807, 2.05) is 11.8 Å². The molecule has 98 valence electrons. The van der Waals surface area contributed by atoms with E-state index in [-0.39, 0.29) is 5.54 Å². The first-order valence-corrected chi connectivity index (χ1v) is 7.83. The third-order valence-electron chi connectivity index (χ3n) is 3.73. The molecule has 0 atom stereocenters. The first-order chi connectivity index (χ1) is 8.07. The predicted molar refractivity (Wildman–Crippen MR) is 73.3 cm³/mol. The molecule has 17 heavy (non-hydrogen) atoms. The lowest BCUT2D eigenvalue weighted by atomic mass is 9.96. The van der Waals surface area contributed by atoms with E-state index in [1.165, 1.54) is 24.3 Å². The molecule has 2 saturated heterocycles.